The molecule has 0 amide bonds. The van der Waals surface area contributed by atoms with Gasteiger partial charge in [-0.2, -0.15) is 0 Å². The zero-order valence-electron chi connectivity index (χ0n) is 20.3. The van der Waals surface area contributed by atoms with Gasteiger partial charge in [0.1, 0.15) is 0 Å². The van der Waals surface area contributed by atoms with Gasteiger partial charge < -0.3 is 8.85 Å². The fourth-order valence-electron chi connectivity index (χ4n) is 2.82. The molecule has 1 heterocycles. The summed E-state index contributed by atoms with van der Waals surface area (Å²) in [4.78, 5) is 0. The summed E-state index contributed by atoms with van der Waals surface area (Å²) in [7, 11) is -4.70. The van der Waals surface area contributed by atoms with E-state index in [0.29, 0.717) is 0 Å². The second-order valence-corrected chi connectivity index (χ2v) is 25.8. The molecule has 0 spiro atoms. The van der Waals surface area contributed by atoms with Gasteiger partial charge in [0.15, 0.2) is 16.6 Å². The Morgan fingerprint density at radius 1 is 0.778 bits per heavy atom. The standard InChI is InChI=1S/C22H46O2Si3/c1-21(2,3)26(9,10)23-15-13-19-17-20(25(7,8)18-19)14-16-24-27(11,12)22(4,5)6/h17-18H,13-16H2,1-12H3. The van der Waals surface area contributed by atoms with Crippen molar-refractivity contribution in [2.24, 2.45) is 0 Å². The molecule has 0 saturated carbocycles. The summed E-state index contributed by atoms with van der Waals surface area (Å²) in [5, 5.41) is 2.21. The lowest BCUT2D eigenvalue weighted by molar-refractivity contribution is 0.292. The van der Waals surface area contributed by atoms with Gasteiger partial charge >= 0.3 is 0 Å². The first-order valence-electron chi connectivity index (χ1n) is 10.6. The van der Waals surface area contributed by atoms with Crippen LogP contribution in [0.5, 0.6) is 0 Å². The third kappa shape index (κ3) is 6.81. The summed E-state index contributed by atoms with van der Waals surface area (Å²) in [6.07, 6.45) is 4.61. The van der Waals surface area contributed by atoms with Crippen LogP contribution in [0, 0.1) is 0 Å². The Morgan fingerprint density at radius 2 is 1.19 bits per heavy atom. The molecule has 1 rings (SSSR count). The van der Waals surface area contributed by atoms with Gasteiger partial charge in [0.05, 0.1) is 8.07 Å². The molecule has 0 aromatic rings. The lowest BCUT2D eigenvalue weighted by Gasteiger charge is -2.36. The first-order valence-corrected chi connectivity index (χ1v) is 19.5. The van der Waals surface area contributed by atoms with E-state index in [2.05, 4.69) is 92.6 Å². The highest BCUT2D eigenvalue weighted by molar-refractivity contribution is 6.89. The van der Waals surface area contributed by atoms with Crippen molar-refractivity contribution < 1.29 is 8.85 Å². The lowest BCUT2D eigenvalue weighted by Crippen LogP contribution is -2.41. The Labute approximate surface area is 173 Å². The fraction of sp³-hybridized carbons (Fsp3) is 0.818. The predicted octanol–water partition coefficient (Wildman–Crippen LogP) is 7.46. The summed E-state index contributed by atoms with van der Waals surface area (Å²) in [6, 6.07) is 0. The Hall–Kier alpha value is 0.0506. The van der Waals surface area contributed by atoms with Crippen molar-refractivity contribution in [3.05, 3.63) is 22.5 Å². The van der Waals surface area contributed by atoms with Crippen LogP contribution >= 0.6 is 0 Å². The highest BCUT2D eigenvalue weighted by atomic mass is 28.4. The molecule has 0 atom stereocenters. The molecule has 2 nitrogen and oxygen atoms in total. The Bertz CT molecular complexity index is 573. The number of hydrogen-bond acceptors (Lipinski definition) is 2. The van der Waals surface area contributed by atoms with E-state index in [-0.39, 0.29) is 10.1 Å². The largest absolute Gasteiger partial charge is 0.417 e. The van der Waals surface area contributed by atoms with Gasteiger partial charge in [0, 0.05) is 13.2 Å². The summed E-state index contributed by atoms with van der Waals surface area (Å²) >= 11 is 0. The van der Waals surface area contributed by atoms with Crippen LogP contribution < -0.4 is 0 Å². The van der Waals surface area contributed by atoms with Crippen molar-refractivity contribution in [2.45, 2.75) is 104 Å². The molecule has 0 unspecified atom stereocenters. The van der Waals surface area contributed by atoms with Gasteiger partial charge in [-0.25, -0.2) is 0 Å². The third-order valence-corrected chi connectivity index (χ3v) is 19.3. The van der Waals surface area contributed by atoms with E-state index in [9.17, 15) is 0 Å². The minimum absolute atomic E-state index is 0.285. The van der Waals surface area contributed by atoms with Crippen molar-refractivity contribution in [3.63, 3.8) is 0 Å². The monoisotopic (exact) mass is 426 g/mol. The minimum Gasteiger partial charge on any atom is -0.417 e. The maximum Gasteiger partial charge on any atom is 0.191 e. The molecule has 0 aromatic carbocycles. The average molecular weight is 427 g/mol. The first-order chi connectivity index (χ1) is 11.9. The molecule has 1 aliphatic heterocycles. The van der Waals surface area contributed by atoms with Crippen LogP contribution in [0.4, 0.5) is 0 Å². The number of rotatable bonds is 8. The molecule has 0 bridgehead atoms. The summed E-state index contributed by atoms with van der Waals surface area (Å²) < 4.78 is 12.8. The molecule has 0 radical (unpaired) electrons. The van der Waals surface area contributed by atoms with Crippen LogP contribution in [0.3, 0.4) is 0 Å². The van der Waals surface area contributed by atoms with Crippen molar-refractivity contribution in [1.29, 1.82) is 0 Å². The van der Waals surface area contributed by atoms with E-state index in [4.69, 9.17) is 8.85 Å². The smallest absolute Gasteiger partial charge is 0.191 e. The maximum absolute atomic E-state index is 6.43. The molecule has 27 heavy (non-hydrogen) atoms. The Kier molecular flexibility index (Phi) is 7.83. The van der Waals surface area contributed by atoms with Gasteiger partial charge in [-0.1, -0.05) is 77.2 Å². The molecular weight excluding hydrogens is 380 g/mol. The van der Waals surface area contributed by atoms with Crippen LogP contribution in [-0.2, 0) is 8.85 Å². The Morgan fingerprint density at radius 3 is 1.59 bits per heavy atom. The average Bonchev–Trinajstić information content (AvgIpc) is 2.70. The van der Waals surface area contributed by atoms with Crippen LogP contribution in [0.1, 0.15) is 54.4 Å². The lowest BCUT2D eigenvalue weighted by atomic mass is 10.2. The second-order valence-electron chi connectivity index (χ2n) is 11.8. The van der Waals surface area contributed by atoms with E-state index < -0.39 is 24.7 Å². The van der Waals surface area contributed by atoms with E-state index in [1.54, 1.807) is 5.20 Å². The highest BCUT2D eigenvalue weighted by Gasteiger charge is 2.38. The molecular formula is C22H46O2Si3. The summed E-state index contributed by atoms with van der Waals surface area (Å²) in [5.41, 5.74) is 4.07. The molecule has 158 valence electrons. The zero-order chi connectivity index (χ0) is 21.3. The van der Waals surface area contributed by atoms with Crippen LogP contribution in [0.25, 0.3) is 0 Å². The van der Waals surface area contributed by atoms with Gasteiger partial charge in [-0.05, 0) is 49.1 Å². The highest BCUT2D eigenvalue weighted by Crippen LogP contribution is 2.38. The van der Waals surface area contributed by atoms with E-state index >= 15 is 0 Å². The molecule has 1 aliphatic rings. The van der Waals surface area contributed by atoms with Crippen LogP contribution in [0.15, 0.2) is 22.5 Å². The SMILES string of the molecule is CC(C)(C)[Si](C)(C)OCCC1=C[Si](C)(C)C(CCO[Si](C)(C)C(C)(C)C)=C1. The van der Waals surface area contributed by atoms with Crippen molar-refractivity contribution >= 4 is 24.7 Å². The normalized spacial score (nSPS) is 18.5. The van der Waals surface area contributed by atoms with Crippen LogP contribution in [-0.4, -0.2) is 37.9 Å². The summed E-state index contributed by atoms with van der Waals surface area (Å²) in [5.74, 6) is 0. The number of allylic oxidation sites excluding steroid dienone is 1. The molecule has 0 saturated heterocycles. The zero-order valence-corrected chi connectivity index (χ0v) is 23.3. The maximum atomic E-state index is 6.43. The molecule has 0 aliphatic carbocycles. The molecule has 5 heteroatoms. The molecule has 0 N–H and O–H groups in total. The van der Waals surface area contributed by atoms with Crippen molar-refractivity contribution in [3.8, 4) is 0 Å². The summed E-state index contributed by atoms with van der Waals surface area (Å²) in [6.45, 7) is 29.9. The molecule has 0 aromatic heterocycles. The van der Waals surface area contributed by atoms with Crippen molar-refractivity contribution in [2.75, 3.05) is 13.2 Å². The van der Waals surface area contributed by atoms with Crippen molar-refractivity contribution in [1.82, 2.24) is 0 Å². The van der Waals surface area contributed by atoms with Gasteiger partial charge in [0.25, 0.3) is 0 Å². The van der Waals surface area contributed by atoms with Gasteiger partial charge in [0.2, 0.25) is 0 Å². The van der Waals surface area contributed by atoms with E-state index in [1.807, 2.05) is 0 Å². The topological polar surface area (TPSA) is 18.5 Å². The molecule has 0 fully saturated rings. The van der Waals surface area contributed by atoms with E-state index in [1.165, 1.54) is 5.57 Å². The fourth-order valence-corrected chi connectivity index (χ4v) is 7.55. The predicted molar refractivity (Wildman–Crippen MR) is 129 cm³/mol. The quantitative estimate of drug-likeness (QED) is 0.375. The second kappa shape index (κ2) is 8.42. The van der Waals surface area contributed by atoms with Gasteiger partial charge in [-0.15, -0.1) is 0 Å². The number of hydrogen-bond donors (Lipinski definition) is 0. The minimum atomic E-state index is -1.64. The Balaban J connectivity index is 2.60. The van der Waals surface area contributed by atoms with E-state index in [0.717, 1.165) is 26.1 Å². The van der Waals surface area contributed by atoms with Gasteiger partial charge in [-0.3, -0.25) is 0 Å². The van der Waals surface area contributed by atoms with Crippen LogP contribution in [0.2, 0.25) is 49.4 Å². The first kappa shape index (κ1) is 25.1. The third-order valence-electron chi connectivity index (χ3n) is 7.03.